The lowest BCUT2D eigenvalue weighted by Gasteiger charge is -2.49. The number of nitrogens with zero attached hydrogens (tertiary/aromatic N) is 3. The molecule has 2 atom stereocenters. The van der Waals surface area contributed by atoms with Crippen molar-refractivity contribution in [2.24, 2.45) is 5.16 Å². The molecule has 1 aromatic heterocycles. The van der Waals surface area contributed by atoms with Crippen LogP contribution in [-0.2, 0) is 43.0 Å². The van der Waals surface area contributed by atoms with Crippen molar-refractivity contribution in [1.29, 1.82) is 0 Å². The number of fused-ring (bicyclic) bond motifs is 1. The van der Waals surface area contributed by atoms with E-state index in [0.29, 0.717) is 5.57 Å². The molecule has 2 aliphatic rings. The van der Waals surface area contributed by atoms with Gasteiger partial charge < -0.3 is 30.1 Å². The van der Waals surface area contributed by atoms with E-state index in [4.69, 9.17) is 24.8 Å². The summed E-state index contributed by atoms with van der Waals surface area (Å²) in [7, 11) is 0. The van der Waals surface area contributed by atoms with Gasteiger partial charge in [-0.2, -0.15) is 0 Å². The smallest absolute Gasteiger partial charge is 0.355 e. The van der Waals surface area contributed by atoms with Crippen molar-refractivity contribution in [1.82, 2.24) is 15.2 Å². The van der Waals surface area contributed by atoms with E-state index in [-0.39, 0.29) is 28.0 Å². The van der Waals surface area contributed by atoms with E-state index < -0.39 is 66.1 Å². The van der Waals surface area contributed by atoms with Crippen molar-refractivity contribution in [2.45, 2.75) is 43.9 Å². The second kappa shape index (κ2) is 16.0. The molecule has 51 heavy (non-hydrogen) atoms. The second-order valence-corrected chi connectivity index (χ2v) is 14.1. The highest BCUT2D eigenvalue weighted by Gasteiger charge is 2.54. The first-order valence-corrected chi connectivity index (χ1v) is 17.5. The normalized spacial score (nSPS) is 17.2. The number of aromatic nitrogens is 1. The van der Waals surface area contributed by atoms with Crippen molar-refractivity contribution in [2.75, 3.05) is 24.7 Å². The number of amides is 2. The number of anilines is 1. The van der Waals surface area contributed by atoms with Crippen LogP contribution >= 0.6 is 23.1 Å². The Morgan fingerprint density at radius 1 is 1.06 bits per heavy atom. The van der Waals surface area contributed by atoms with Gasteiger partial charge in [0, 0.05) is 11.1 Å². The number of rotatable bonds is 13. The van der Waals surface area contributed by atoms with Crippen molar-refractivity contribution in [3.63, 3.8) is 0 Å². The Morgan fingerprint density at radius 3 is 2.27 bits per heavy atom. The van der Waals surface area contributed by atoms with Crippen LogP contribution in [-0.4, -0.2) is 81.3 Å². The van der Waals surface area contributed by atoms with E-state index in [1.807, 2.05) is 60.7 Å². The first-order chi connectivity index (χ1) is 24.4. The molecule has 2 amide bonds. The van der Waals surface area contributed by atoms with Crippen LogP contribution in [0, 0.1) is 0 Å². The number of nitrogen functional groups attached to an aromatic ring is 1. The molecule has 3 aromatic rings. The number of carbonyl (C=O) groups is 5. The van der Waals surface area contributed by atoms with E-state index in [1.54, 1.807) is 20.8 Å². The molecular weight excluding hydrogens is 699 g/mol. The number of oxime groups is 1. The van der Waals surface area contributed by atoms with Gasteiger partial charge in [0.05, 0.1) is 0 Å². The Labute approximate surface area is 301 Å². The fraction of sp³-hybridized carbons (Fsp3) is 0.286. The number of hydrogen-bond donors (Lipinski definition) is 2. The lowest BCUT2D eigenvalue weighted by atomic mass is 10.0. The van der Waals surface area contributed by atoms with Crippen LogP contribution in [0.1, 0.15) is 43.7 Å². The summed E-state index contributed by atoms with van der Waals surface area (Å²) < 4.78 is 16.1. The molecule has 2 aromatic carbocycles. The number of ether oxygens (including phenoxy) is 3. The van der Waals surface area contributed by atoms with Gasteiger partial charge in [0.15, 0.2) is 23.6 Å². The number of nitrogens with two attached hydrogens (primary N) is 1. The quantitative estimate of drug-likeness (QED) is 0.0857. The maximum Gasteiger partial charge on any atom is 0.355 e. The van der Waals surface area contributed by atoms with Crippen LogP contribution in [0.5, 0.6) is 0 Å². The zero-order valence-electron chi connectivity index (χ0n) is 27.9. The number of thioether (sulfide) groups is 1. The number of β-lactam (4-membered cyclic amide) rings is 1. The number of benzene rings is 2. The molecule has 0 aliphatic carbocycles. The molecule has 3 heterocycles. The molecular formula is C35H35N5O9S2. The Balaban J connectivity index is 1.26. The monoisotopic (exact) mass is 733 g/mol. The third-order valence-electron chi connectivity index (χ3n) is 7.24. The van der Waals surface area contributed by atoms with E-state index in [9.17, 15) is 24.0 Å². The summed E-state index contributed by atoms with van der Waals surface area (Å²) in [4.78, 5) is 75.7. The molecule has 0 spiro atoms. The van der Waals surface area contributed by atoms with Crippen molar-refractivity contribution in [3.05, 3.63) is 107 Å². The van der Waals surface area contributed by atoms with E-state index in [0.717, 1.165) is 22.5 Å². The van der Waals surface area contributed by atoms with Gasteiger partial charge in [0.2, 0.25) is 6.61 Å². The largest absolute Gasteiger partial charge is 0.457 e. The summed E-state index contributed by atoms with van der Waals surface area (Å²) in [5.41, 5.74) is 6.56. The molecule has 1 unspecified atom stereocenters. The molecule has 16 heteroatoms. The lowest BCUT2D eigenvalue weighted by Crippen LogP contribution is -2.71. The first-order valence-electron chi connectivity index (χ1n) is 15.6. The predicted octanol–water partition coefficient (Wildman–Crippen LogP) is 3.50. The highest BCUT2D eigenvalue weighted by molar-refractivity contribution is 8.00. The third-order valence-corrected chi connectivity index (χ3v) is 9.21. The van der Waals surface area contributed by atoms with E-state index in [1.165, 1.54) is 28.1 Å². The van der Waals surface area contributed by atoms with Crippen LogP contribution in [0.2, 0.25) is 0 Å². The highest BCUT2D eigenvalue weighted by Crippen LogP contribution is 2.41. The summed E-state index contributed by atoms with van der Waals surface area (Å²) in [5, 5.41) is 7.44. The maximum atomic E-state index is 13.6. The average molecular weight is 734 g/mol. The van der Waals surface area contributed by atoms with Crippen LogP contribution in [0.4, 0.5) is 5.13 Å². The van der Waals surface area contributed by atoms with E-state index >= 15 is 0 Å². The Bertz CT molecular complexity index is 1830. The molecule has 0 saturated carbocycles. The lowest BCUT2D eigenvalue weighted by molar-refractivity contribution is -0.166. The molecule has 266 valence electrons. The Kier molecular flexibility index (Phi) is 11.6. The van der Waals surface area contributed by atoms with Gasteiger partial charge in [-0.15, -0.1) is 23.1 Å². The van der Waals surface area contributed by atoms with Crippen LogP contribution < -0.4 is 11.1 Å². The van der Waals surface area contributed by atoms with Gasteiger partial charge in [0.25, 0.3) is 11.8 Å². The van der Waals surface area contributed by atoms with Gasteiger partial charge in [-0.25, -0.2) is 19.4 Å². The maximum absolute atomic E-state index is 13.6. The zero-order valence-corrected chi connectivity index (χ0v) is 29.5. The Hall–Kier alpha value is -5.48. The minimum atomic E-state index is -1.08. The molecule has 5 rings (SSSR count). The summed E-state index contributed by atoms with van der Waals surface area (Å²) >= 11 is 2.33. The number of hydrogen-bond acceptors (Lipinski definition) is 14. The van der Waals surface area contributed by atoms with Crippen molar-refractivity contribution in [3.8, 4) is 0 Å². The molecule has 1 fully saturated rings. The van der Waals surface area contributed by atoms with Crippen LogP contribution in [0.3, 0.4) is 0 Å². The van der Waals surface area contributed by atoms with Gasteiger partial charge >= 0.3 is 17.9 Å². The van der Waals surface area contributed by atoms with Gasteiger partial charge in [-0.3, -0.25) is 14.5 Å². The van der Waals surface area contributed by atoms with E-state index in [2.05, 4.69) is 22.0 Å². The topological polar surface area (TPSA) is 189 Å². The summed E-state index contributed by atoms with van der Waals surface area (Å²) in [6.45, 7) is 7.45. The number of esters is 3. The molecule has 0 bridgehead atoms. The Morgan fingerprint density at radius 2 is 1.71 bits per heavy atom. The van der Waals surface area contributed by atoms with Crippen LogP contribution in [0.25, 0.3) is 0 Å². The predicted molar refractivity (Wildman–Crippen MR) is 189 cm³/mol. The van der Waals surface area contributed by atoms with Crippen molar-refractivity contribution < 1.29 is 43.0 Å². The molecule has 3 N–H and O–H groups in total. The second-order valence-electron chi connectivity index (χ2n) is 12.1. The molecule has 1 saturated heterocycles. The van der Waals surface area contributed by atoms with Crippen molar-refractivity contribution >= 4 is 63.7 Å². The standard InChI is InChI=1S/C35H35N5O9S2/c1-5-20-18-50-32-27(31(44)40(32)28(20)33(45)46-16-25(42)49-35(2,3)4)38-30(43)26(23-19-51-34(36)37-23)39-47-17-24(41)48-29(21-12-8-6-9-13-21)22-14-10-7-11-15-22/h5-15,19,27,29,32H,1,16-18H2,2-4H3,(H2,36,37)(H,38,43)/t27?,32-/m0/s1. The number of nitrogens with one attached hydrogen (secondary N) is 1. The third kappa shape index (κ3) is 9.01. The number of allylic oxidation sites excluding steroid dienone is 1. The fourth-order valence-electron chi connectivity index (χ4n) is 5.06. The summed E-state index contributed by atoms with van der Waals surface area (Å²) in [5.74, 6) is -3.61. The zero-order chi connectivity index (χ0) is 36.7. The molecule has 14 nitrogen and oxygen atoms in total. The summed E-state index contributed by atoms with van der Waals surface area (Å²) in [6.07, 6.45) is 0.706. The number of carbonyl (C=O) groups excluding carboxylic acids is 5. The van der Waals surface area contributed by atoms with Gasteiger partial charge in [-0.1, -0.05) is 78.5 Å². The van der Waals surface area contributed by atoms with Gasteiger partial charge in [-0.05, 0) is 37.5 Å². The minimum absolute atomic E-state index is 0.0509. The van der Waals surface area contributed by atoms with Gasteiger partial charge in [0.1, 0.15) is 28.4 Å². The molecule has 0 radical (unpaired) electrons. The number of thiazole rings is 1. The fourth-order valence-corrected chi connectivity index (χ4v) is 6.95. The SMILES string of the molecule is C=CC1=C(C(=O)OCC(=O)OC(C)(C)C)N2C(=O)C(NC(=O)C(=NOCC(=O)OC(c3ccccc3)c3ccccc3)c3csc(N)n3)[C@@H]2SC1. The molecule has 2 aliphatic heterocycles. The first kappa shape index (κ1) is 36.8. The highest BCUT2D eigenvalue weighted by atomic mass is 32.2. The summed E-state index contributed by atoms with van der Waals surface area (Å²) in [6, 6.07) is 17.3. The average Bonchev–Trinajstić information content (AvgIpc) is 3.54. The minimum Gasteiger partial charge on any atom is -0.457 e. The van der Waals surface area contributed by atoms with Crippen LogP contribution in [0.15, 0.2) is 95.1 Å².